The third-order valence-corrected chi connectivity index (χ3v) is 25.8. The number of hydrogen-bond donors (Lipinski definition) is 6. The number of aromatic amines is 3. The molecule has 6 N–H and O–H groups in total. The second-order valence-electron chi connectivity index (χ2n) is 32.1. The number of aliphatic hydroxyl groups excluding tert-OH is 1. The molecule has 9 aromatic rings. The van der Waals surface area contributed by atoms with Crippen molar-refractivity contribution in [2.24, 2.45) is 0 Å². The summed E-state index contributed by atoms with van der Waals surface area (Å²) in [5.74, 6) is 2.72. The summed E-state index contributed by atoms with van der Waals surface area (Å²) >= 11 is 0. The van der Waals surface area contributed by atoms with E-state index in [0.717, 1.165) is 33.4 Å². The van der Waals surface area contributed by atoms with Gasteiger partial charge in [0.15, 0.2) is 0 Å². The summed E-state index contributed by atoms with van der Waals surface area (Å²) in [7, 11) is 4.59. The summed E-state index contributed by atoms with van der Waals surface area (Å²) in [4.78, 5) is 84.9. The maximum Gasteiger partial charge on any atom is 0.330 e. The van der Waals surface area contributed by atoms with E-state index < -0.39 is 112 Å². The van der Waals surface area contributed by atoms with Crippen LogP contribution in [0, 0.1) is 27.3 Å². The number of nitrogens with one attached hydrogen (secondary N) is 3. The van der Waals surface area contributed by atoms with Crippen LogP contribution in [0.1, 0.15) is 116 Å². The molecule has 10 atom stereocenters. The van der Waals surface area contributed by atoms with Crippen LogP contribution in [0.2, 0.25) is 0 Å². The fraction of sp³-hybridized carbons (Fsp3) is 0.456. The van der Waals surface area contributed by atoms with Crippen molar-refractivity contribution in [3.8, 4) is 23.0 Å². The summed E-state index contributed by atoms with van der Waals surface area (Å²) in [5.41, 5.74) is -8.71. The number of rotatable bonds is 28. The quantitative estimate of drug-likeness (QED) is 0.0117. The Balaban J connectivity index is 0.000000176. The molecule has 9 heterocycles. The zero-order valence-electron chi connectivity index (χ0n) is 71.6. The van der Waals surface area contributed by atoms with Crippen molar-refractivity contribution in [2.45, 2.75) is 143 Å². The van der Waals surface area contributed by atoms with Gasteiger partial charge in [0, 0.05) is 66.6 Å². The van der Waals surface area contributed by atoms with E-state index in [1.165, 1.54) is 32.3 Å². The molecule has 34 nitrogen and oxygen atoms in total. The third kappa shape index (κ3) is 18.7. The minimum absolute atomic E-state index is 0.00417. The Labute approximate surface area is 722 Å². The number of aryl methyl sites for hydroxylation is 3. The summed E-state index contributed by atoms with van der Waals surface area (Å²) in [6.45, 7) is 19.5. The van der Waals surface area contributed by atoms with Gasteiger partial charge in [0.2, 0.25) is 6.54 Å². The molecular weight excluding hydrogens is 1640 g/mol. The van der Waals surface area contributed by atoms with Crippen LogP contribution in [0.4, 0.5) is 0 Å². The molecule has 0 saturated carbocycles. The van der Waals surface area contributed by atoms with E-state index in [4.69, 9.17) is 86.7 Å². The van der Waals surface area contributed by atoms with Crippen LogP contribution in [0.5, 0.6) is 23.0 Å². The number of H-pyrrole nitrogens is 3. The lowest BCUT2D eigenvalue weighted by Gasteiger charge is -2.47. The molecule has 3 aromatic heterocycles. The van der Waals surface area contributed by atoms with Crippen molar-refractivity contribution in [3.63, 3.8) is 0 Å². The Morgan fingerprint density at radius 3 is 1.15 bits per heavy atom. The number of aromatic nitrogens is 6. The monoisotopic (exact) mass is 1750 g/mol. The molecule has 15 rings (SSSR count). The van der Waals surface area contributed by atoms with Crippen molar-refractivity contribution in [2.75, 3.05) is 121 Å². The van der Waals surface area contributed by atoms with Crippen LogP contribution in [-0.4, -0.2) is 216 Å². The second kappa shape index (κ2) is 39.4. The number of hydrogen-bond acceptors (Lipinski definition) is 27. The van der Waals surface area contributed by atoms with Crippen molar-refractivity contribution >= 4 is 8.53 Å². The van der Waals surface area contributed by atoms with Gasteiger partial charge in [-0.25, -0.2) is 25.6 Å². The molecule has 0 amide bonds. The first kappa shape index (κ1) is 92.5. The van der Waals surface area contributed by atoms with E-state index in [-0.39, 0.29) is 118 Å². The van der Waals surface area contributed by atoms with Crippen molar-refractivity contribution in [3.05, 3.63) is 300 Å². The second-order valence-corrected chi connectivity index (χ2v) is 33.5. The highest BCUT2D eigenvalue weighted by Crippen LogP contribution is 2.59. The smallest absolute Gasteiger partial charge is 0.330 e. The first-order chi connectivity index (χ1) is 60.1. The molecule has 0 spiro atoms. The predicted molar refractivity (Wildman–Crippen MR) is 455 cm³/mol. The number of nitrogens with zero attached hydrogens (tertiary/aromatic N) is 5. The van der Waals surface area contributed by atoms with Crippen molar-refractivity contribution in [1.29, 1.82) is 0 Å². The maximum atomic E-state index is 13.5. The van der Waals surface area contributed by atoms with Gasteiger partial charge >= 0.3 is 17.1 Å². The molecule has 6 fully saturated rings. The Morgan fingerprint density at radius 1 is 0.464 bits per heavy atom. The van der Waals surface area contributed by atoms with Gasteiger partial charge in [-0.1, -0.05) is 109 Å². The van der Waals surface area contributed by atoms with Crippen LogP contribution in [0.25, 0.3) is 4.85 Å². The van der Waals surface area contributed by atoms with Gasteiger partial charge in [-0.2, -0.15) is 0 Å². The SMILES string of the molecule is COc1ccc(C(OC[C@]23COCOCC2(O)C[C@H](n2cc(C)c(=O)[nH]c2=O)O3)(c2ccccc2)c2ccc(OC)cc2)cc1.Cc1cn([C@H]2CC3(O)COCOC[C@]3(CO)O2)c(=O)[nH]c1=O.[C-]#[N+]CCOP(OC12COCOC[C@]1(COC(c1ccccc1)(c1ccc(OC)cc1)c1ccc(OC)cc1)O[C@@H](n1cc(C)c(=O)[nH]c1=O)C2)N(C(C)C)C(C)C. The average molecular weight is 1750 g/mol. The molecule has 125 heavy (non-hydrogen) atoms. The van der Waals surface area contributed by atoms with Crippen molar-refractivity contribution in [1.82, 2.24) is 33.3 Å². The maximum absolute atomic E-state index is 13.5. The van der Waals surface area contributed by atoms with Gasteiger partial charge in [-0.3, -0.25) is 43.0 Å². The van der Waals surface area contributed by atoms with E-state index in [1.807, 2.05) is 158 Å². The van der Waals surface area contributed by atoms with E-state index in [1.54, 1.807) is 49.2 Å². The molecule has 4 unspecified atom stereocenters. The number of aliphatic hydroxyl groups is 3. The van der Waals surface area contributed by atoms with Crippen LogP contribution in [0.3, 0.4) is 0 Å². The molecule has 35 heteroatoms. The summed E-state index contributed by atoms with van der Waals surface area (Å²) < 4.78 is 110. The van der Waals surface area contributed by atoms with Crippen LogP contribution in [0.15, 0.2) is 205 Å². The fourth-order valence-corrected chi connectivity index (χ4v) is 18.7. The van der Waals surface area contributed by atoms with Gasteiger partial charge in [-0.05, 0) is 130 Å². The molecule has 6 aliphatic heterocycles. The Kier molecular flexibility index (Phi) is 29.1. The molecule has 668 valence electrons. The van der Waals surface area contributed by atoms with Crippen LogP contribution in [-0.2, 0) is 72.4 Å². The lowest BCUT2D eigenvalue weighted by molar-refractivity contribution is -0.204. The lowest BCUT2D eigenvalue weighted by Crippen LogP contribution is -2.60. The molecule has 6 saturated heterocycles. The van der Waals surface area contributed by atoms with Gasteiger partial charge in [-0.15, -0.1) is 0 Å². The zero-order valence-corrected chi connectivity index (χ0v) is 72.5. The van der Waals surface area contributed by atoms with Crippen LogP contribution < -0.4 is 52.7 Å². The van der Waals surface area contributed by atoms with Gasteiger partial charge in [0.05, 0.1) is 87.9 Å². The first-order valence-electron chi connectivity index (χ1n) is 40.8. The topological polar surface area (TPSA) is 390 Å². The minimum Gasteiger partial charge on any atom is -0.497 e. The predicted octanol–water partition coefficient (Wildman–Crippen LogP) is 8.06. The summed E-state index contributed by atoms with van der Waals surface area (Å²) in [5, 5.41) is 32.7. The van der Waals surface area contributed by atoms with Gasteiger partial charge in [0.1, 0.15) is 113 Å². The molecular formula is C90H107N8O26P. The highest BCUT2D eigenvalue weighted by molar-refractivity contribution is 7.44. The lowest BCUT2D eigenvalue weighted by atomic mass is 9.79. The number of benzene rings is 6. The Bertz CT molecular complexity index is 5460. The molecule has 6 aliphatic rings. The van der Waals surface area contributed by atoms with Crippen LogP contribution >= 0.6 is 8.53 Å². The van der Waals surface area contributed by atoms with E-state index >= 15 is 0 Å². The number of methoxy groups -OCH3 is 4. The highest BCUT2D eigenvalue weighted by Gasteiger charge is 2.67. The molecule has 0 radical (unpaired) electrons. The van der Waals surface area contributed by atoms with E-state index in [0.29, 0.717) is 39.7 Å². The number of fused-ring (bicyclic) bond motifs is 3. The molecule has 0 aliphatic carbocycles. The Hall–Kier alpha value is -10.2. The third-order valence-electron chi connectivity index (χ3n) is 23.6. The highest BCUT2D eigenvalue weighted by atomic mass is 31.2. The molecule has 0 bridgehead atoms. The first-order valence-corrected chi connectivity index (χ1v) is 41.9. The zero-order chi connectivity index (χ0) is 89.1. The fourth-order valence-electron chi connectivity index (χ4n) is 16.8. The average Bonchev–Trinajstić information content (AvgIpc) is 1.63. The van der Waals surface area contributed by atoms with Gasteiger partial charge in [0.25, 0.3) is 25.2 Å². The van der Waals surface area contributed by atoms with Gasteiger partial charge < -0.3 is 100 Å². The Morgan fingerprint density at radius 2 is 0.784 bits per heavy atom. The standard InChI is InChI=1S/C43H53N4O10P.C34H36N2O9.C13H18N2O7/c1-30(2)47(31(3)4)58(55-23-22-44-6)57-41-24-38(46-25-32(5)39(48)45-40(46)49)56-42(41,27-53-29-52-26-41)28-54-43(33-12-10-9-11-13-33,34-14-18-36(50-7)19-15-34)35-16-20-37(51-8)21-17-35;1-23-18-36(31(38)35-30(23)37)29-17-32(39)19-42-22-43-20-33(32,45-29)21-44-34(24-7-5-4-6-8-24,25-9-13-27(40-2)14-10-25)26-11-15-28(41-3)16-12-26;1-8-3-15(11(18)14-10(8)17)9-2-12(19)5-20-7-21-6-13(12,4-16)22-9/h9-21,25,30-31,38H,22-24,26-29H2,1-5,7-8H3,(H,45,48,49);4-16,18,29,39H,17,19-22H2,1-3H3,(H,35,37,38);3,9,16,19H,2,4-7H2,1H3,(H,14,17,18)/t38-,41?,42-,58?;29-,32?,33-;9-,12?,13+/m111/s1. The van der Waals surface area contributed by atoms with Crippen molar-refractivity contribution < 1.29 is 95.4 Å². The normalized spacial score (nSPS) is 24.5. The number of ether oxygens (including phenoxy) is 15. The summed E-state index contributed by atoms with van der Waals surface area (Å²) in [6.07, 6.45) is 1.70. The summed E-state index contributed by atoms with van der Waals surface area (Å²) in [6, 6.07) is 50.3. The minimum atomic E-state index is -1.86. The van der Waals surface area contributed by atoms with E-state index in [9.17, 15) is 44.1 Å². The van der Waals surface area contributed by atoms with E-state index in [2.05, 4.69) is 52.2 Å². The largest absolute Gasteiger partial charge is 0.497 e. The molecule has 6 aromatic carbocycles.